The van der Waals surface area contributed by atoms with Gasteiger partial charge in [-0.2, -0.15) is 0 Å². The fourth-order valence-electron chi connectivity index (χ4n) is 1.26. The van der Waals surface area contributed by atoms with Crippen molar-refractivity contribution in [3.05, 3.63) is 40.1 Å². The molecular weight excluding hydrogens is 184 g/mol. The van der Waals surface area contributed by atoms with Gasteiger partial charge in [-0.1, -0.05) is 30.7 Å². The van der Waals surface area contributed by atoms with Crippen LogP contribution in [0.15, 0.2) is 24.0 Å². The maximum atomic E-state index is 9.15. The Labute approximate surface area is 83.7 Å². The lowest BCUT2D eigenvalue weighted by Gasteiger charge is -2.05. The van der Waals surface area contributed by atoms with E-state index in [-0.39, 0.29) is 5.76 Å². The minimum Gasteiger partial charge on any atom is -0.513 e. The average Bonchev–Trinajstić information content (AvgIpc) is 2.08. The van der Waals surface area contributed by atoms with Crippen LogP contribution in [0.4, 0.5) is 0 Å². The molecule has 0 spiro atoms. The Hall–Kier alpha value is -0.950. The van der Waals surface area contributed by atoms with Crippen LogP contribution in [-0.2, 0) is 6.42 Å². The molecule has 1 N–H and O–H groups in total. The van der Waals surface area contributed by atoms with Crippen molar-refractivity contribution in [2.75, 3.05) is 0 Å². The van der Waals surface area contributed by atoms with Gasteiger partial charge in [0.15, 0.2) is 0 Å². The van der Waals surface area contributed by atoms with Gasteiger partial charge in [0.05, 0.1) is 5.76 Å². The van der Waals surface area contributed by atoms with Crippen LogP contribution >= 0.6 is 11.6 Å². The summed E-state index contributed by atoms with van der Waals surface area (Å²) < 4.78 is 0. The zero-order valence-corrected chi connectivity index (χ0v) is 8.60. The van der Waals surface area contributed by atoms with Gasteiger partial charge in [-0.05, 0) is 36.6 Å². The SMILES string of the molecule is CCc1cccc(Cl)c1/C=C(\C)O. The first-order chi connectivity index (χ1) is 6.15. The van der Waals surface area contributed by atoms with Gasteiger partial charge < -0.3 is 5.11 Å². The normalized spacial score (nSPS) is 11.8. The Morgan fingerprint density at radius 2 is 2.23 bits per heavy atom. The lowest BCUT2D eigenvalue weighted by molar-refractivity contribution is 0.420. The molecule has 0 aliphatic heterocycles. The maximum absolute atomic E-state index is 9.15. The minimum atomic E-state index is 0.280. The van der Waals surface area contributed by atoms with E-state index in [0.717, 1.165) is 17.5 Å². The molecule has 2 heteroatoms. The molecule has 0 atom stereocenters. The molecule has 0 saturated carbocycles. The lowest BCUT2D eigenvalue weighted by Crippen LogP contribution is -1.87. The van der Waals surface area contributed by atoms with Crippen molar-refractivity contribution >= 4 is 17.7 Å². The zero-order chi connectivity index (χ0) is 9.84. The first-order valence-electron chi connectivity index (χ1n) is 4.29. The Morgan fingerprint density at radius 1 is 1.54 bits per heavy atom. The first-order valence-corrected chi connectivity index (χ1v) is 4.67. The van der Waals surface area contributed by atoms with Gasteiger partial charge in [0.25, 0.3) is 0 Å². The molecule has 1 aromatic rings. The van der Waals surface area contributed by atoms with Crippen LogP contribution in [0.2, 0.25) is 5.02 Å². The highest BCUT2D eigenvalue weighted by atomic mass is 35.5. The topological polar surface area (TPSA) is 20.2 Å². The van der Waals surface area contributed by atoms with Crippen LogP contribution in [0.5, 0.6) is 0 Å². The highest BCUT2D eigenvalue weighted by molar-refractivity contribution is 6.32. The Morgan fingerprint density at radius 3 is 2.77 bits per heavy atom. The molecule has 1 rings (SSSR count). The summed E-state index contributed by atoms with van der Waals surface area (Å²) in [5, 5.41) is 9.84. The van der Waals surface area contributed by atoms with E-state index in [9.17, 15) is 0 Å². The molecule has 0 fully saturated rings. The van der Waals surface area contributed by atoms with Crippen molar-refractivity contribution in [2.24, 2.45) is 0 Å². The quantitative estimate of drug-likeness (QED) is 0.713. The third kappa shape index (κ3) is 2.49. The summed E-state index contributed by atoms with van der Waals surface area (Å²) in [6, 6.07) is 5.77. The molecule has 13 heavy (non-hydrogen) atoms. The zero-order valence-electron chi connectivity index (χ0n) is 7.84. The van der Waals surface area contributed by atoms with Crippen LogP contribution in [0.3, 0.4) is 0 Å². The first kappa shape index (κ1) is 10.1. The van der Waals surface area contributed by atoms with Crippen LogP contribution < -0.4 is 0 Å². The van der Waals surface area contributed by atoms with Crippen molar-refractivity contribution in [3.63, 3.8) is 0 Å². The van der Waals surface area contributed by atoms with E-state index in [1.807, 2.05) is 18.2 Å². The van der Waals surface area contributed by atoms with E-state index in [0.29, 0.717) is 5.02 Å². The summed E-state index contributed by atoms with van der Waals surface area (Å²) in [4.78, 5) is 0. The second-order valence-electron chi connectivity index (χ2n) is 2.95. The predicted molar refractivity (Wildman–Crippen MR) is 57.1 cm³/mol. The van der Waals surface area contributed by atoms with Crippen LogP contribution in [-0.4, -0.2) is 5.11 Å². The van der Waals surface area contributed by atoms with Crippen molar-refractivity contribution in [1.82, 2.24) is 0 Å². The van der Waals surface area contributed by atoms with Crippen molar-refractivity contribution < 1.29 is 5.11 Å². The van der Waals surface area contributed by atoms with Crippen LogP contribution in [0, 0.1) is 0 Å². The number of rotatable bonds is 2. The summed E-state index contributed by atoms with van der Waals surface area (Å²) in [5.74, 6) is 0.280. The van der Waals surface area contributed by atoms with Gasteiger partial charge in [0.2, 0.25) is 0 Å². The predicted octanol–water partition coefficient (Wildman–Crippen LogP) is 3.82. The second-order valence-corrected chi connectivity index (χ2v) is 3.36. The number of aliphatic hydroxyl groups is 1. The fourth-order valence-corrected chi connectivity index (χ4v) is 1.51. The monoisotopic (exact) mass is 196 g/mol. The van der Waals surface area contributed by atoms with Crippen molar-refractivity contribution in [2.45, 2.75) is 20.3 Å². The number of aliphatic hydroxyl groups excluding tert-OH is 1. The van der Waals surface area contributed by atoms with Gasteiger partial charge in [-0.25, -0.2) is 0 Å². The molecule has 1 nitrogen and oxygen atoms in total. The maximum Gasteiger partial charge on any atom is 0.0898 e. The summed E-state index contributed by atoms with van der Waals surface area (Å²) >= 11 is 6.00. The Bertz CT molecular complexity index is 325. The standard InChI is InChI=1S/C11H13ClO/c1-3-9-5-4-6-11(12)10(9)7-8(2)13/h4-7,13H,3H2,1-2H3/b8-7+. The number of hydrogen-bond acceptors (Lipinski definition) is 1. The second kappa shape index (κ2) is 4.33. The molecule has 70 valence electrons. The largest absolute Gasteiger partial charge is 0.513 e. The average molecular weight is 197 g/mol. The molecular formula is C11H13ClO. The number of aryl methyl sites for hydroxylation is 1. The smallest absolute Gasteiger partial charge is 0.0898 e. The van der Waals surface area contributed by atoms with Gasteiger partial charge >= 0.3 is 0 Å². The number of hydrogen-bond donors (Lipinski definition) is 1. The highest BCUT2D eigenvalue weighted by Gasteiger charge is 2.02. The van der Waals surface area contributed by atoms with E-state index in [2.05, 4.69) is 6.92 Å². The molecule has 0 radical (unpaired) electrons. The minimum absolute atomic E-state index is 0.280. The van der Waals surface area contributed by atoms with Crippen LogP contribution in [0.1, 0.15) is 25.0 Å². The summed E-state index contributed by atoms with van der Waals surface area (Å²) in [7, 11) is 0. The van der Waals surface area contributed by atoms with E-state index >= 15 is 0 Å². The van der Waals surface area contributed by atoms with E-state index in [1.165, 1.54) is 0 Å². The summed E-state index contributed by atoms with van der Waals surface area (Å²) in [5.41, 5.74) is 2.08. The number of benzene rings is 1. The summed E-state index contributed by atoms with van der Waals surface area (Å²) in [6.45, 7) is 3.71. The highest BCUT2D eigenvalue weighted by Crippen LogP contribution is 2.22. The third-order valence-electron chi connectivity index (χ3n) is 1.88. The molecule has 0 bridgehead atoms. The van der Waals surface area contributed by atoms with E-state index in [4.69, 9.17) is 16.7 Å². The van der Waals surface area contributed by atoms with Gasteiger partial charge in [0.1, 0.15) is 0 Å². The molecule has 0 aliphatic carbocycles. The Balaban J connectivity index is 3.23. The molecule has 0 unspecified atom stereocenters. The molecule has 1 aromatic carbocycles. The van der Waals surface area contributed by atoms with Crippen molar-refractivity contribution in [3.8, 4) is 0 Å². The van der Waals surface area contributed by atoms with Gasteiger partial charge in [-0.3, -0.25) is 0 Å². The fraction of sp³-hybridized carbons (Fsp3) is 0.273. The molecule has 0 heterocycles. The number of allylic oxidation sites excluding steroid dienone is 1. The molecule has 0 amide bonds. The van der Waals surface area contributed by atoms with E-state index in [1.54, 1.807) is 13.0 Å². The van der Waals surface area contributed by atoms with Gasteiger partial charge in [-0.15, -0.1) is 0 Å². The van der Waals surface area contributed by atoms with Gasteiger partial charge in [0, 0.05) is 5.02 Å². The molecule has 0 aromatic heterocycles. The van der Waals surface area contributed by atoms with Crippen LogP contribution in [0.25, 0.3) is 6.08 Å². The molecule has 0 saturated heterocycles. The number of halogens is 1. The summed E-state index contributed by atoms with van der Waals surface area (Å²) in [6.07, 6.45) is 2.61. The lowest BCUT2D eigenvalue weighted by atomic mass is 10.0. The molecule has 0 aliphatic rings. The third-order valence-corrected chi connectivity index (χ3v) is 2.21. The Kier molecular flexibility index (Phi) is 3.38. The van der Waals surface area contributed by atoms with Crippen molar-refractivity contribution in [1.29, 1.82) is 0 Å². The van der Waals surface area contributed by atoms with E-state index < -0.39 is 0 Å².